The summed E-state index contributed by atoms with van der Waals surface area (Å²) in [5.41, 5.74) is 4.93. The second-order valence-electron chi connectivity index (χ2n) is 8.25. The van der Waals surface area contributed by atoms with Gasteiger partial charge in [0.05, 0.1) is 29.7 Å². The highest BCUT2D eigenvalue weighted by molar-refractivity contribution is 6.33. The number of imidazole rings is 1. The summed E-state index contributed by atoms with van der Waals surface area (Å²) in [7, 11) is 1.52. The molecule has 1 aliphatic carbocycles. The molecule has 0 saturated heterocycles. The van der Waals surface area contributed by atoms with E-state index < -0.39 is 35.3 Å². The third-order valence-corrected chi connectivity index (χ3v) is 6.22. The monoisotopic (exact) mass is 497 g/mol. The average Bonchev–Trinajstić information content (AvgIpc) is 3.27. The van der Waals surface area contributed by atoms with Crippen molar-refractivity contribution in [3.8, 4) is 0 Å². The Balaban J connectivity index is 1.72. The highest BCUT2D eigenvalue weighted by Crippen LogP contribution is 2.32. The predicted octanol–water partition coefficient (Wildman–Crippen LogP) is 3.11. The van der Waals surface area contributed by atoms with E-state index >= 15 is 0 Å². The van der Waals surface area contributed by atoms with Crippen LogP contribution in [-0.2, 0) is 9.53 Å². The van der Waals surface area contributed by atoms with E-state index in [1.165, 1.54) is 13.4 Å². The summed E-state index contributed by atoms with van der Waals surface area (Å²) in [6, 6.07) is 0.990. The van der Waals surface area contributed by atoms with Gasteiger partial charge in [0, 0.05) is 25.1 Å². The Morgan fingerprint density at radius 1 is 1.29 bits per heavy atom. The predicted molar refractivity (Wildman–Crippen MR) is 120 cm³/mol. The number of halogens is 3. The Morgan fingerprint density at radius 3 is 2.56 bits per heavy atom. The largest absolute Gasteiger partial charge is 0.383 e. The lowest BCUT2D eigenvalue weighted by atomic mass is 9.84. The highest BCUT2D eigenvalue weighted by Gasteiger charge is 2.36. The molecule has 3 amide bonds. The third-order valence-electron chi connectivity index (χ3n) is 5.92. The van der Waals surface area contributed by atoms with Crippen molar-refractivity contribution < 1.29 is 27.9 Å². The summed E-state index contributed by atoms with van der Waals surface area (Å²) < 4.78 is 32.5. The zero-order chi connectivity index (χ0) is 25.0. The minimum absolute atomic E-state index is 0.0725. The van der Waals surface area contributed by atoms with Crippen LogP contribution in [0.2, 0.25) is 5.02 Å². The maximum absolute atomic E-state index is 14.0. The molecule has 3 rings (SSSR count). The van der Waals surface area contributed by atoms with Gasteiger partial charge < -0.3 is 25.7 Å². The van der Waals surface area contributed by atoms with E-state index in [9.17, 15) is 23.2 Å². The number of nitrogens with two attached hydrogens (primary N) is 1. The number of anilines is 1. The molecule has 2 aromatic rings. The molecule has 0 spiro atoms. The van der Waals surface area contributed by atoms with E-state index in [1.807, 2.05) is 6.92 Å². The van der Waals surface area contributed by atoms with E-state index in [-0.39, 0.29) is 40.8 Å². The summed E-state index contributed by atoms with van der Waals surface area (Å²) in [5.74, 6) is -3.94. The normalized spacial score (nSPS) is 18.9. The first-order chi connectivity index (χ1) is 16.1. The number of hydrogen-bond donors (Lipinski definition) is 3. The third kappa shape index (κ3) is 5.53. The Morgan fingerprint density at radius 2 is 1.97 bits per heavy atom. The van der Waals surface area contributed by atoms with Crippen molar-refractivity contribution in [1.29, 1.82) is 0 Å². The second kappa shape index (κ2) is 10.9. The molecule has 34 heavy (non-hydrogen) atoms. The first-order valence-electron chi connectivity index (χ1n) is 10.7. The lowest BCUT2D eigenvalue weighted by Gasteiger charge is -2.39. The number of methoxy groups -OCH3 is 1. The van der Waals surface area contributed by atoms with Gasteiger partial charge >= 0.3 is 0 Å². The maximum atomic E-state index is 14.0. The Kier molecular flexibility index (Phi) is 8.21. The molecule has 1 aromatic carbocycles. The van der Waals surface area contributed by atoms with Crippen molar-refractivity contribution in [3.63, 3.8) is 0 Å². The number of nitrogens with zero attached hydrogens (tertiary/aromatic N) is 2. The van der Waals surface area contributed by atoms with Crippen LogP contribution in [0.25, 0.3) is 0 Å². The lowest BCUT2D eigenvalue weighted by molar-refractivity contribution is -0.121. The zero-order valence-electron chi connectivity index (χ0n) is 18.7. The van der Waals surface area contributed by atoms with Gasteiger partial charge in [0.25, 0.3) is 11.8 Å². The van der Waals surface area contributed by atoms with Crippen LogP contribution in [0.1, 0.15) is 53.6 Å². The van der Waals surface area contributed by atoms with Crippen LogP contribution < -0.4 is 11.1 Å². The minimum atomic E-state index is -0.957. The van der Waals surface area contributed by atoms with Crippen molar-refractivity contribution in [2.75, 3.05) is 19.0 Å². The van der Waals surface area contributed by atoms with Crippen molar-refractivity contribution >= 4 is 35.0 Å². The summed E-state index contributed by atoms with van der Waals surface area (Å²) in [6.45, 7) is 2.07. The number of nitrogens with one attached hydrogen (secondary N) is 2. The van der Waals surface area contributed by atoms with Gasteiger partial charge in [-0.1, -0.05) is 11.6 Å². The molecular weight excluding hydrogens is 472 g/mol. The number of ether oxygens (including phenoxy) is 1. The topological polar surface area (TPSA) is 130 Å². The number of aromatic nitrogens is 2. The van der Waals surface area contributed by atoms with Crippen LogP contribution in [-0.4, -0.2) is 58.4 Å². The molecule has 0 radical (unpaired) electrons. The molecule has 1 fully saturated rings. The van der Waals surface area contributed by atoms with Gasteiger partial charge in [-0.05, 0) is 38.7 Å². The number of carbonyl (C=O) groups excluding carboxylic acids is 3. The number of aromatic amines is 1. The Bertz CT molecular complexity index is 1050. The number of benzene rings is 1. The van der Waals surface area contributed by atoms with Crippen LogP contribution in [0, 0.1) is 17.6 Å². The number of amides is 3. The number of primary amides is 1. The van der Waals surface area contributed by atoms with Crippen molar-refractivity contribution in [3.05, 3.63) is 46.5 Å². The fourth-order valence-corrected chi connectivity index (χ4v) is 4.56. The van der Waals surface area contributed by atoms with Crippen LogP contribution >= 0.6 is 11.6 Å². The summed E-state index contributed by atoms with van der Waals surface area (Å²) in [5, 5.41) is 2.22. The summed E-state index contributed by atoms with van der Waals surface area (Å²) >= 11 is 5.87. The Labute approximate surface area is 200 Å². The van der Waals surface area contributed by atoms with Gasteiger partial charge in [0.15, 0.2) is 11.5 Å². The van der Waals surface area contributed by atoms with Crippen molar-refractivity contribution in [2.45, 2.75) is 44.7 Å². The van der Waals surface area contributed by atoms with Crippen LogP contribution in [0.5, 0.6) is 0 Å². The molecule has 0 unspecified atom stereocenters. The molecular formula is C22H26ClF2N5O4. The molecule has 0 aliphatic heterocycles. The Hall–Kier alpha value is -3.05. The van der Waals surface area contributed by atoms with Crippen molar-refractivity contribution in [2.24, 2.45) is 11.7 Å². The van der Waals surface area contributed by atoms with Crippen LogP contribution in [0.15, 0.2) is 18.5 Å². The fraction of sp³-hybridized carbons (Fsp3) is 0.455. The van der Waals surface area contributed by atoms with Crippen LogP contribution in [0.3, 0.4) is 0 Å². The standard InChI is InChI=1S/C22H26ClF2N5O4/c1-11(9-34-2)30(22(33)19-18(20(26)31)27-10-28-19)14-5-3-12(4-6-14)21(32)29-17-15(23)7-13(24)8-16(17)25/h7-8,10-12,14H,3-6,9H2,1-2H3,(H2,26,31)(H,27,28)(H,29,32)/t11-,12-,14-/m1/s1. The number of rotatable bonds is 8. The van der Waals surface area contributed by atoms with Gasteiger partial charge in [-0.3, -0.25) is 14.4 Å². The molecule has 184 valence electrons. The van der Waals surface area contributed by atoms with E-state index in [1.54, 1.807) is 4.90 Å². The molecule has 1 aliphatic rings. The van der Waals surface area contributed by atoms with Crippen LogP contribution in [0.4, 0.5) is 14.5 Å². The molecule has 1 saturated carbocycles. The molecule has 9 nitrogen and oxygen atoms in total. The smallest absolute Gasteiger partial charge is 0.275 e. The molecule has 4 N–H and O–H groups in total. The number of carbonyl (C=O) groups is 3. The van der Waals surface area contributed by atoms with E-state index in [0.717, 1.165) is 6.07 Å². The molecule has 12 heteroatoms. The van der Waals surface area contributed by atoms with Gasteiger partial charge in [-0.2, -0.15) is 0 Å². The van der Waals surface area contributed by atoms with Gasteiger partial charge in [-0.15, -0.1) is 0 Å². The van der Waals surface area contributed by atoms with Crippen molar-refractivity contribution in [1.82, 2.24) is 14.9 Å². The summed E-state index contributed by atoms with van der Waals surface area (Å²) in [6.07, 6.45) is 3.03. The first kappa shape index (κ1) is 25.6. The second-order valence-corrected chi connectivity index (χ2v) is 8.65. The average molecular weight is 498 g/mol. The maximum Gasteiger partial charge on any atom is 0.275 e. The highest BCUT2D eigenvalue weighted by atomic mass is 35.5. The molecule has 1 aromatic heterocycles. The van der Waals surface area contributed by atoms with Gasteiger partial charge in [0.2, 0.25) is 5.91 Å². The van der Waals surface area contributed by atoms with Gasteiger partial charge in [-0.25, -0.2) is 13.8 Å². The van der Waals surface area contributed by atoms with Gasteiger partial charge in [0.1, 0.15) is 11.5 Å². The molecule has 0 bridgehead atoms. The number of hydrogen-bond acceptors (Lipinski definition) is 5. The fourth-order valence-electron chi connectivity index (χ4n) is 4.32. The molecule has 1 atom stereocenters. The first-order valence-corrected chi connectivity index (χ1v) is 11.1. The SMILES string of the molecule is COC[C@@H](C)N(C(=O)c1nc[nH]c1C(N)=O)[C@H]1CC[C@H](C(=O)Nc2c(F)cc(F)cc2Cl)CC1. The molecule has 1 heterocycles. The lowest BCUT2D eigenvalue weighted by Crippen LogP contribution is -2.50. The minimum Gasteiger partial charge on any atom is -0.383 e. The zero-order valence-corrected chi connectivity index (χ0v) is 19.5. The quantitative estimate of drug-likeness (QED) is 0.516. The van der Waals surface area contributed by atoms with E-state index in [2.05, 4.69) is 15.3 Å². The van der Waals surface area contributed by atoms with E-state index in [4.69, 9.17) is 22.1 Å². The number of H-pyrrole nitrogens is 1. The summed E-state index contributed by atoms with van der Waals surface area (Å²) in [4.78, 5) is 45.9. The van der Waals surface area contributed by atoms with E-state index in [0.29, 0.717) is 31.7 Å².